The lowest BCUT2D eigenvalue weighted by atomic mass is 10.00. The van der Waals surface area contributed by atoms with E-state index in [9.17, 15) is 5.11 Å². The summed E-state index contributed by atoms with van der Waals surface area (Å²) in [5, 5.41) is 11.0. The van der Waals surface area contributed by atoms with Crippen molar-refractivity contribution in [2.75, 3.05) is 7.11 Å². The Kier molecular flexibility index (Phi) is 4.50. The van der Waals surface area contributed by atoms with Gasteiger partial charge in [0.05, 0.1) is 7.11 Å². The van der Waals surface area contributed by atoms with Crippen LogP contribution < -0.4 is 4.74 Å². The van der Waals surface area contributed by atoms with E-state index in [-0.39, 0.29) is 0 Å². The summed E-state index contributed by atoms with van der Waals surface area (Å²) < 4.78 is 6.06. The molecular formula is C15H14BrClO2. The molecule has 2 rings (SSSR count). The highest BCUT2D eigenvalue weighted by atomic mass is 79.9. The first-order valence-corrected chi connectivity index (χ1v) is 6.97. The molecular weight excluding hydrogens is 328 g/mol. The Bertz CT molecular complexity index is 578. The first-order chi connectivity index (χ1) is 9.01. The Morgan fingerprint density at radius 2 is 1.89 bits per heavy atom. The van der Waals surface area contributed by atoms with Crippen LogP contribution in [0, 0.1) is 6.92 Å². The molecule has 19 heavy (non-hydrogen) atoms. The largest absolute Gasteiger partial charge is 0.496 e. The lowest BCUT2D eigenvalue weighted by Gasteiger charge is -2.14. The minimum absolute atomic E-state index is 0.591. The molecule has 0 bridgehead atoms. The maximum Gasteiger partial charge on any atom is 0.121 e. The van der Waals surface area contributed by atoms with Gasteiger partial charge in [-0.05, 0) is 53.9 Å². The summed E-state index contributed by atoms with van der Waals surface area (Å²) in [6.45, 7) is 1.95. The highest BCUT2D eigenvalue weighted by Crippen LogP contribution is 2.30. The van der Waals surface area contributed by atoms with E-state index in [1.807, 2.05) is 31.2 Å². The van der Waals surface area contributed by atoms with Crippen LogP contribution in [0.15, 0.2) is 40.9 Å². The zero-order valence-electron chi connectivity index (χ0n) is 10.7. The van der Waals surface area contributed by atoms with Crippen molar-refractivity contribution in [2.24, 2.45) is 0 Å². The van der Waals surface area contributed by atoms with Crippen molar-refractivity contribution in [3.8, 4) is 5.75 Å². The number of aryl methyl sites for hydroxylation is 1. The fraction of sp³-hybridized carbons (Fsp3) is 0.200. The smallest absolute Gasteiger partial charge is 0.121 e. The first-order valence-electron chi connectivity index (χ1n) is 5.80. The number of benzene rings is 2. The summed E-state index contributed by atoms with van der Waals surface area (Å²) in [5.41, 5.74) is 2.55. The maximum absolute atomic E-state index is 10.4. The average molecular weight is 342 g/mol. The van der Waals surface area contributed by atoms with Gasteiger partial charge in [-0.3, -0.25) is 0 Å². The van der Waals surface area contributed by atoms with E-state index in [0.717, 1.165) is 26.9 Å². The minimum Gasteiger partial charge on any atom is -0.496 e. The van der Waals surface area contributed by atoms with Gasteiger partial charge in [-0.1, -0.05) is 33.6 Å². The molecule has 2 nitrogen and oxygen atoms in total. The Balaban J connectivity index is 2.38. The van der Waals surface area contributed by atoms with Crippen LogP contribution in [0.1, 0.15) is 22.8 Å². The number of ether oxygens (including phenoxy) is 1. The van der Waals surface area contributed by atoms with E-state index in [1.165, 1.54) is 0 Å². The van der Waals surface area contributed by atoms with Crippen LogP contribution >= 0.6 is 27.5 Å². The number of hydrogen-bond donors (Lipinski definition) is 1. The molecule has 2 aromatic carbocycles. The van der Waals surface area contributed by atoms with Crippen molar-refractivity contribution < 1.29 is 9.84 Å². The van der Waals surface area contributed by atoms with Crippen molar-refractivity contribution in [3.63, 3.8) is 0 Å². The van der Waals surface area contributed by atoms with Crippen molar-refractivity contribution >= 4 is 27.5 Å². The molecule has 1 unspecified atom stereocenters. The fourth-order valence-corrected chi connectivity index (χ4v) is 2.88. The van der Waals surface area contributed by atoms with Crippen LogP contribution in [-0.4, -0.2) is 12.2 Å². The highest BCUT2D eigenvalue weighted by molar-refractivity contribution is 9.10. The Labute approximate surface area is 126 Å². The Hall–Kier alpha value is -1.03. The molecule has 1 N–H and O–H groups in total. The van der Waals surface area contributed by atoms with Crippen molar-refractivity contribution in [3.05, 3.63) is 62.6 Å². The second-order valence-electron chi connectivity index (χ2n) is 4.33. The number of hydrogen-bond acceptors (Lipinski definition) is 2. The third-order valence-corrected chi connectivity index (χ3v) is 3.61. The van der Waals surface area contributed by atoms with Crippen LogP contribution in [-0.2, 0) is 0 Å². The van der Waals surface area contributed by atoms with Crippen molar-refractivity contribution in [1.29, 1.82) is 0 Å². The molecule has 0 radical (unpaired) electrons. The summed E-state index contributed by atoms with van der Waals surface area (Å²) in [6, 6.07) is 11.0. The molecule has 0 spiro atoms. The monoisotopic (exact) mass is 340 g/mol. The Morgan fingerprint density at radius 3 is 2.47 bits per heavy atom. The lowest BCUT2D eigenvalue weighted by molar-refractivity contribution is 0.220. The number of aliphatic hydroxyl groups is 1. The summed E-state index contributed by atoms with van der Waals surface area (Å²) in [5.74, 6) is 0.809. The maximum atomic E-state index is 10.4. The molecule has 0 heterocycles. The van der Waals surface area contributed by atoms with Gasteiger partial charge in [0, 0.05) is 9.50 Å². The zero-order chi connectivity index (χ0) is 14.0. The highest BCUT2D eigenvalue weighted by Gasteiger charge is 2.13. The summed E-state index contributed by atoms with van der Waals surface area (Å²) in [6.07, 6.45) is -0.709. The standard InChI is InChI=1S/C15H14BrClO2/c1-9-5-10(3-4-14(9)19-2)15(18)11-6-12(16)8-13(17)7-11/h3-8,15,18H,1-2H3. The molecule has 1 atom stereocenters. The number of rotatable bonds is 3. The molecule has 0 fully saturated rings. The SMILES string of the molecule is COc1ccc(C(O)c2cc(Cl)cc(Br)c2)cc1C. The molecule has 0 aliphatic carbocycles. The molecule has 0 aliphatic rings. The van der Waals surface area contributed by atoms with Gasteiger partial charge < -0.3 is 9.84 Å². The first kappa shape index (κ1) is 14.4. The average Bonchev–Trinajstić information content (AvgIpc) is 2.36. The molecule has 100 valence electrons. The van der Waals surface area contributed by atoms with Gasteiger partial charge in [-0.15, -0.1) is 0 Å². The van der Waals surface area contributed by atoms with Crippen molar-refractivity contribution in [2.45, 2.75) is 13.0 Å². The lowest BCUT2D eigenvalue weighted by Crippen LogP contribution is -2.01. The molecule has 0 amide bonds. The number of aliphatic hydroxyl groups excluding tert-OH is 1. The van der Waals surface area contributed by atoms with E-state index in [1.54, 1.807) is 19.2 Å². The van der Waals surface area contributed by atoms with Crippen molar-refractivity contribution in [1.82, 2.24) is 0 Å². The van der Waals surface area contributed by atoms with Gasteiger partial charge in [-0.2, -0.15) is 0 Å². The second-order valence-corrected chi connectivity index (χ2v) is 5.69. The molecule has 0 saturated heterocycles. The van der Waals surface area contributed by atoms with Gasteiger partial charge in [0.25, 0.3) is 0 Å². The summed E-state index contributed by atoms with van der Waals surface area (Å²) in [7, 11) is 1.63. The van der Waals surface area contributed by atoms with E-state index >= 15 is 0 Å². The van der Waals surface area contributed by atoms with Gasteiger partial charge in [0.2, 0.25) is 0 Å². The molecule has 4 heteroatoms. The van der Waals surface area contributed by atoms with E-state index in [4.69, 9.17) is 16.3 Å². The van der Waals surface area contributed by atoms with E-state index in [0.29, 0.717) is 5.02 Å². The van der Waals surface area contributed by atoms with Gasteiger partial charge in [-0.25, -0.2) is 0 Å². The quantitative estimate of drug-likeness (QED) is 0.890. The number of methoxy groups -OCH3 is 1. The molecule has 0 aromatic heterocycles. The van der Waals surface area contributed by atoms with Gasteiger partial charge >= 0.3 is 0 Å². The fourth-order valence-electron chi connectivity index (χ4n) is 2.00. The third-order valence-electron chi connectivity index (χ3n) is 2.94. The van der Waals surface area contributed by atoms with Crippen LogP contribution in [0.5, 0.6) is 5.75 Å². The van der Waals surface area contributed by atoms with Crippen LogP contribution in [0.3, 0.4) is 0 Å². The predicted molar refractivity (Wildman–Crippen MR) is 80.9 cm³/mol. The molecule has 0 saturated carbocycles. The van der Waals surface area contributed by atoms with Gasteiger partial charge in [0.1, 0.15) is 11.9 Å². The number of halogens is 2. The summed E-state index contributed by atoms with van der Waals surface area (Å²) in [4.78, 5) is 0. The van der Waals surface area contributed by atoms with Gasteiger partial charge in [0.15, 0.2) is 0 Å². The second kappa shape index (κ2) is 5.95. The minimum atomic E-state index is -0.709. The normalized spacial score (nSPS) is 12.3. The Morgan fingerprint density at radius 1 is 1.16 bits per heavy atom. The summed E-state index contributed by atoms with van der Waals surface area (Å²) >= 11 is 9.38. The predicted octanol–water partition coefficient (Wildman–Crippen LogP) is 4.50. The third kappa shape index (κ3) is 3.30. The van der Waals surface area contributed by atoms with Crippen LogP contribution in [0.2, 0.25) is 5.02 Å². The van der Waals surface area contributed by atoms with E-state index in [2.05, 4.69) is 15.9 Å². The van der Waals surface area contributed by atoms with Crippen LogP contribution in [0.4, 0.5) is 0 Å². The van der Waals surface area contributed by atoms with Crippen LogP contribution in [0.25, 0.3) is 0 Å². The molecule has 0 aliphatic heterocycles. The zero-order valence-corrected chi connectivity index (χ0v) is 13.0. The topological polar surface area (TPSA) is 29.5 Å². The van der Waals surface area contributed by atoms with E-state index < -0.39 is 6.10 Å². The molecule has 2 aromatic rings.